The molecule has 0 saturated heterocycles. The van der Waals surface area contributed by atoms with Crippen molar-refractivity contribution in [1.29, 1.82) is 0 Å². The minimum absolute atomic E-state index is 0.102. The predicted octanol–water partition coefficient (Wildman–Crippen LogP) is 3.80. The quantitative estimate of drug-likeness (QED) is 0.892. The van der Waals surface area contributed by atoms with Crippen LogP contribution in [-0.4, -0.2) is 24.7 Å². The predicted molar refractivity (Wildman–Crippen MR) is 98.1 cm³/mol. The third kappa shape index (κ3) is 3.21. The van der Waals surface area contributed by atoms with E-state index in [1.165, 1.54) is 0 Å². The first-order valence-corrected chi connectivity index (χ1v) is 8.91. The number of carbonyl (C=O) groups excluding carboxylic acids is 1. The van der Waals surface area contributed by atoms with Gasteiger partial charge in [-0.3, -0.25) is 4.79 Å². The lowest BCUT2D eigenvalue weighted by Crippen LogP contribution is -2.41. The lowest BCUT2D eigenvalue weighted by molar-refractivity contribution is 0.0619. The van der Waals surface area contributed by atoms with Crippen molar-refractivity contribution in [2.45, 2.75) is 38.8 Å². The van der Waals surface area contributed by atoms with E-state index in [2.05, 4.69) is 5.32 Å². The van der Waals surface area contributed by atoms with E-state index >= 15 is 0 Å². The summed E-state index contributed by atoms with van der Waals surface area (Å²) in [5.41, 5.74) is 2.37. The van der Waals surface area contributed by atoms with Crippen LogP contribution in [0, 0.1) is 6.92 Å². The molecule has 1 atom stereocenters. The number of ether oxygens (including phenoxy) is 3. The Hall–Kier alpha value is -2.69. The number of hydrogen-bond donors (Lipinski definition) is 1. The normalized spacial score (nSPS) is 19.9. The van der Waals surface area contributed by atoms with Crippen LogP contribution in [0.25, 0.3) is 0 Å². The molecule has 2 heterocycles. The molecule has 2 aromatic rings. The number of carbonyl (C=O) groups is 1. The largest absolute Gasteiger partial charge is 0.487 e. The minimum atomic E-state index is -0.342. The molecule has 1 amide bonds. The van der Waals surface area contributed by atoms with Crippen LogP contribution in [0.2, 0.25) is 0 Å². The van der Waals surface area contributed by atoms with Gasteiger partial charge in [-0.1, -0.05) is 12.1 Å². The van der Waals surface area contributed by atoms with Gasteiger partial charge in [-0.15, -0.1) is 0 Å². The summed E-state index contributed by atoms with van der Waals surface area (Å²) >= 11 is 0. The van der Waals surface area contributed by atoms with E-state index in [0.29, 0.717) is 36.7 Å². The van der Waals surface area contributed by atoms with Gasteiger partial charge >= 0.3 is 0 Å². The molecule has 5 heteroatoms. The standard InChI is InChI=1S/C21H23NO4/c1-13-4-6-15-16(12-21(2,3)26-18(15)10-13)22-20(23)14-5-7-17-19(11-14)25-9-8-24-17/h4-7,10-11,16H,8-9,12H2,1-3H3,(H,22,23)/t16-/m0/s1. The molecule has 0 radical (unpaired) electrons. The molecule has 0 aliphatic carbocycles. The molecule has 0 aromatic heterocycles. The maximum atomic E-state index is 12.8. The summed E-state index contributed by atoms with van der Waals surface area (Å²) in [5, 5.41) is 3.16. The minimum Gasteiger partial charge on any atom is -0.487 e. The van der Waals surface area contributed by atoms with Crippen LogP contribution >= 0.6 is 0 Å². The maximum Gasteiger partial charge on any atom is 0.251 e. The molecule has 2 aromatic carbocycles. The highest BCUT2D eigenvalue weighted by atomic mass is 16.6. The van der Waals surface area contributed by atoms with Gasteiger partial charge in [-0.25, -0.2) is 0 Å². The van der Waals surface area contributed by atoms with Crippen molar-refractivity contribution in [3.05, 3.63) is 53.1 Å². The Kier molecular flexibility index (Phi) is 4.02. The first kappa shape index (κ1) is 16.8. The number of fused-ring (bicyclic) bond motifs is 2. The first-order chi connectivity index (χ1) is 12.4. The Morgan fingerprint density at radius 2 is 1.81 bits per heavy atom. The second-order valence-electron chi connectivity index (χ2n) is 7.49. The molecule has 5 nitrogen and oxygen atoms in total. The number of hydrogen-bond acceptors (Lipinski definition) is 4. The number of aryl methyl sites for hydroxylation is 1. The monoisotopic (exact) mass is 353 g/mol. The lowest BCUT2D eigenvalue weighted by atomic mass is 9.89. The molecule has 0 unspecified atom stereocenters. The van der Waals surface area contributed by atoms with Crippen molar-refractivity contribution in [2.75, 3.05) is 13.2 Å². The molecule has 136 valence electrons. The van der Waals surface area contributed by atoms with Crippen LogP contribution in [-0.2, 0) is 0 Å². The average Bonchev–Trinajstić information content (AvgIpc) is 2.59. The van der Waals surface area contributed by atoms with E-state index in [9.17, 15) is 4.79 Å². The van der Waals surface area contributed by atoms with E-state index < -0.39 is 0 Å². The SMILES string of the molecule is Cc1ccc2c(c1)OC(C)(C)C[C@@H]2NC(=O)c1ccc2c(c1)OCCO2. The topological polar surface area (TPSA) is 56.8 Å². The lowest BCUT2D eigenvalue weighted by Gasteiger charge is -2.38. The van der Waals surface area contributed by atoms with E-state index in [0.717, 1.165) is 16.9 Å². The Bertz CT molecular complexity index is 859. The van der Waals surface area contributed by atoms with Gasteiger partial charge < -0.3 is 19.5 Å². The van der Waals surface area contributed by atoms with Gasteiger partial charge in [0, 0.05) is 17.5 Å². The molecule has 0 bridgehead atoms. The van der Waals surface area contributed by atoms with Gasteiger partial charge in [0.1, 0.15) is 24.6 Å². The summed E-state index contributed by atoms with van der Waals surface area (Å²) in [6.07, 6.45) is 0.708. The van der Waals surface area contributed by atoms with Crippen molar-refractivity contribution < 1.29 is 19.0 Å². The van der Waals surface area contributed by atoms with Crippen LogP contribution in [0.3, 0.4) is 0 Å². The highest BCUT2D eigenvalue weighted by Crippen LogP contribution is 2.40. The summed E-state index contributed by atoms with van der Waals surface area (Å²) in [6.45, 7) is 7.15. The second-order valence-corrected chi connectivity index (χ2v) is 7.49. The van der Waals surface area contributed by atoms with Crippen molar-refractivity contribution in [3.63, 3.8) is 0 Å². The van der Waals surface area contributed by atoms with Crippen LogP contribution in [0.4, 0.5) is 0 Å². The fourth-order valence-corrected chi connectivity index (χ4v) is 3.51. The zero-order valence-electron chi connectivity index (χ0n) is 15.3. The number of amides is 1. The highest BCUT2D eigenvalue weighted by molar-refractivity contribution is 5.95. The zero-order chi connectivity index (χ0) is 18.3. The third-order valence-corrected chi connectivity index (χ3v) is 4.74. The van der Waals surface area contributed by atoms with Gasteiger partial charge in [0.2, 0.25) is 0 Å². The number of benzene rings is 2. The fourth-order valence-electron chi connectivity index (χ4n) is 3.51. The van der Waals surface area contributed by atoms with Crippen molar-refractivity contribution in [3.8, 4) is 17.2 Å². The molecule has 0 saturated carbocycles. The van der Waals surface area contributed by atoms with Crippen molar-refractivity contribution >= 4 is 5.91 Å². The number of rotatable bonds is 2. The van der Waals surface area contributed by atoms with E-state index in [4.69, 9.17) is 14.2 Å². The smallest absolute Gasteiger partial charge is 0.251 e. The molecular formula is C21H23NO4. The van der Waals surface area contributed by atoms with Crippen molar-refractivity contribution in [1.82, 2.24) is 5.32 Å². The summed E-state index contributed by atoms with van der Waals surface area (Å²) < 4.78 is 17.2. The summed E-state index contributed by atoms with van der Waals surface area (Å²) in [5.74, 6) is 2.01. The van der Waals surface area contributed by atoms with Crippen LogP contribution < -0.4 is 19.5 Å². The summed E-state index contributed by atoms with van der Waals surface area (Å²) in [4.78, 5) is 12.8. The van der Waals surface area contributed by atoms with Crippen molar-refractivity contribution in [2.24, 2.45) is 0 Å². The number of nitrogens with one attached hydrogen (secondary N) is 1. The van der Waals surface area contributed by atoms with E-state index in [1.807, 2.05) is 39.0 Å². The van der Waals surface area contributed by atoms with Gasteiger partial charge in [0.05, 0.1) is 6.04 Å². The first-order valence-electron chi connectivity index (χ1n) is 8.91. The summed E-state index contributed by atoms with van der Waals surface area (Å²) in [7, 11) is 0. The Labute approximate surface area is 153 Å². The third-order valence-electron chi connectivity index (χ3n) is 4.74. The van der Waals surface area contributed by atoms with Gasteiger partial charge in [-0.05, 0) is 50.6 Å². The van der Waals surface area contributed by atoms with E-state index in [-0.39, 0.29) is 17.6 Å². The van der Waals surface area contributed by atoms with Gasteiger partial charge in [0.25, 0.3) is 5.91 Å². The van der Waals surface area contributed by atoms with E-state index in [1.54, 1.807) is 18.2 Å². The zero-order valence-corrected chi connectivity index (χ0v) is 15.3. The van der Waals surface area contributed by atoms with Crippen LogP contribution in [0.15, 0.2) is 36.4 Å². The average molecular weight is 353 g/mol. The molecule has 0 spiro atoms. The van der Waals surface area contributed by atoms with Gasteiger partial charge in [-0.2, -0.15) is 0 Å². The van der Waals surface area contributed by atoms with Gasteiger partial charge in [0.15, 0.2) is 11.5 Å². The highest BCUT2D eigenvalue weighted by Gasteiger charge is 2.34. The summed E-state index contributed by atoms with van der Waals surface area (Å²) in [6, 6.07) is 11.3. The molecule has 2 aliphatic heterocycles. The Morgan fingerprint density at radius 1 is 1.04 bits per heavy atom. The molecule has 4 rings (SSSR count). The van der Waals surface area contributed by atoms with Crippen LogP contribution in [0.5, 0.6) is 17.2 Å². The molecule has 2 aliphatic rings. The van der Waals surface area contributed by atoms with Crippen LogP contribution in [0.1, 0.15) is 47.8 Å². The molecule has 26 heavy (non-hydrogen) atoms. The Morgan fingerprint density at radius 3 is 2.62 bits per heavy atom. The fraction of sp³-hybridized carbons (Fsp3) is 0.381. The maximum absolute atomic E-state index is 12.8. The molecule has 0 fully saturated rings. The second kappa shape index (κ2) is 6.24. The Balaban J connectivity index is 1.59. The molecular weight excluding hydrogens is 330 g/mol. The molecule has 1 N–H and O–H groups in total.